The first kappa shape index (κ1) is 10.7. The molecule has 0 saturated heterocycles. The van der Waals surface area contributed by atoms with E-state index in [1.54, 1.807) is 13.0 Å². The van der Waals surface area contributed by atoms with Crippen molar-refractivity contribution in [3.05, 3.63) is 17.5 Å². The topological polar surface area (TPSA) is 81.2 Å². The molecule has 78 valence electrons. The van der Waals surface area contributed by atoms with Crippen LogP contribution in [0.3, 0.4) is 0 Å². The first-order valence-corrected chi connectivity index (χ1v) is 4.53. The second kappa shape index (κ2) is 4.76. The second-order valence-electron chi connectivity index (χ2n) is 3.29. The maximum absolute atomic E-state index is 11.3. The Morgan fingerprint density at radius 3 is 3.00 bits per heavy atom. The lowest BCUT2D eigenvalue weighted by Gasteiger charge is -2.07. The van der Waals surface area contributed by atoms with E-state index in [4.69, 9.17) is 10.3 Å². The number of carbonyl (C=O) groups is 1. The number of hydrogen-bond acceptors (Lipinski definition) is 4. The molecule has 0 aliphatic carbocycles. The zero-order valence-electron chi connectivity index (χ0n) is 8.41. The van der Waals surface area contributed by atoms with Gasteiger partial charge in [0.05, 0.1) is 12.2 Å². The van der Waals surface area contributed by atoms with E-state index in [9.17, 15) is 4.79 Å². The minimum atomic E-state index is -0.168. The number of rotatable bonds is 4. The van der Waals surface area contributed by atoms with E-state index in [2.05, 4.69) is 10.5 Å². The summed E-state index contributed by atoms with van der Waals surface area (Å²) < 4.78 is 4.93. The van der Waals surface area contributed by atoms with E-state index in [1.165, 1.54) is 0 Å². The zero-order chi connectivity index (χ0) is 10.6. The summed E-state index contributed by atoms with van der Waals surface area (Å²) in [6.07, 6.45) is 0. The smallest absolute Gasteiger partial charge is 0.224 e. The Morgan fingerprint density at radius 1 is 1.79 bits per heavy atom. The standard InChI is InChI=1S/C9H15N3O2/c1-6(4-10)9(13)11-5-8-3-7(2)12-14-8/h3,6H,4-5,10H2,1-2H3,(H,11,13). The highest BCUT2D eigenvalue weighted by atomic mass is 16.5. The van der Waals surface area contributed by atoms with Crippen LogP contribution in [-0.4, -0.2) is 17.6 Å². The van der Waals surface area contributed by atoms with Crippen molar-refractivity contribution in [2.24, 2.45) is 11.7 Å². The molecule has 5 heteroatoms. The molecular weight excluding hydrogens is 182 g/mol. The van der Waals surface area contributed by atoms with Crippen molar-refractivity contribution in [1.82, 2.24) is 10.5 Å². The molecule has 1 aromatic heterocycles. The summed E-state index contributed by atoms with van der Waals surface area (Å²) in [5.74, 6) is 0.417. The predicted molar refractivity (Wildman–Crippen MR) is 51.3 cm³/mol. The van der Waals surface area contributed by atoms with Gasteiger partial charge < -0.3 is 15.6 Å². The lowest BCUT2D eigenvalue weighted by Crippen LogP contribution is -2.32. The maximum atomic E-state index is 11.3. The van der Waals surface area contributed by atoms with Crippen LogP contribution in [0, 0.1) is 12.8 Å². The molecule has 1 rings (SSSR count). The minimum Gasteiger partial charge on any atom is -0.359 e. The Bertz CT molecular complexity index is 309. The zero-order valence-corrected chi connectivity index (χ0v) is 8.41. The molecule has 1 aromatic rings. The summed E-state index contributed by atoms with van der Waals surface area (Å²) >= 11 is 0. The highest BCUT2D eigenvalue weighted by molar-refractivity contribution is 5.78. The van der Waals surface area contributed by atoms with E-state index in [1.807, 2.05) is 6.92 Å². The van der Waals surface area contributed by atoms with Gasteiger partial charge in [-0.05, 0) is 6.92 Å². The van der Waals surface area contributed by atoms with E-state index in [0.29, 0.717) is 18.8 Å². The quantitative estimate of drug-likeness (QED) is 0.722. The van der Waals surface area contributed by atoms with Crippen LogP contribution in [-0.2, 0) is 11.3 Å². The largest absolute Gasteiger partial charge is 0.359 e. The van der Waals surface area contributed by atoms with Gasteiger partial charge in [-0.1, -0.05) is 12.1 Å². The van der Waals surface area contributed by atoms with Crippen molar-refractivity contribution in [1.29, 1.82) is 0 Å². The Balaban J connectivity index is 2.37. The SMILES string of the molecule is Cc1cc(CNC(=O)C(C)CN)on1. The van der Waals surface area contributed by atoms with Crippen molar-refractivity contribution in [2.75, 3.05) is 6.54 Å². The van der Waals surface area contributed by atoms with Gasteiger partial charge in [0.2, 0.25) is 5.91 Å². The van der Waals surface area contributed by atoms with Crippen LogP contribution in [0.15, 0.2) is 10.6 Å². The maximum Gasteiger partial charge on any atom is 0.224 e. The number of aromatic nitrogens is 1. The van der Waals surface area contributed by atoms with Crippen LogP contribution in [0.2, 0.25) is 0 Å². The van der Waals surface area contributed by atoms with E-state index in [-0.39, 0.29) is 11.8 Å². The molecule has 1 atom stereocenters. The monoisotopic (exact) mass is 197 g/mol. The molecular formula is C9H15N3O2. The van der Waals surface area contributed by atoms with Gasteiger partial charge in [0.15, 0.2) is 5.76 Å². The number of nitrogens with zero attached hydrogens (tertiary/aromatic N) is 1. The number of carbonyl (C=O) groups excluding carboxylic acids is 1. The lowest BCUT2D eigenvalue weighted by molar-refractivity contribution is -0.124. The fourth-order valence-corrected chi connectivity index (χ4v) is 0.955. The van der Waals surface area contributed by atoms with Crippen LogP contribution in [0.4, 0.5) is 0 Å². The molecule has 0 radical (unpaired) electrons. The van der Waals surface area contributed by atoms with Gasteiger partial charge in [-0.3, -0.25) is 4.79 Å². The van der Waals surface area contributed by atoms with Gasteiger partial charge in [-0.2, -0.15) is 0 Å². The number of aryl methyl sites for hydroxylation is 1. The van der Waals surface area contributed by atoms with Crippen LogP contribution in [0.5, 0.6) is 0 Å². The Hall–Kier alpha value is -1.36. The van der Waals surface area contributed by atoms with Crippen molar-refractivity contribution in [2.45, 2.75) is 20.4 Å². The molecule has 0 aromatic carbocycles. The van der Waals surface area contributed by atoms with E-state index < -0.39 is 0 Å². The van der Waals surface area contributed by atoms with Gasteiger partial charge in [-0.15, -0.1) is 0 Å². The third-order valence-electron chi connectivity index (χ3n) is 1.91. The molecule has 0 saturated carbocycles. The number of nitrogens with two attached hydrogens (primary N) is 1. The number of amides is 1. The Kier molecular flexibility index (Phi) is 3.64. The van der Waals surface area contributed by atoms with Crippen molar-refractivity contribution >= 4 is 5.91 Å². The summed E-state index contributed by atoms with van der Waals surface area (Å²) in [6, 6.07) is 1.79. The molecule has 1 amide bonds. The molecule has 5 nitrogen and oxygen atoms in total. The Labute approximate surface area is 82.6 Å². The second-order valence-corrected chi connectivity index (χ2v) is 3.29. The van der Waals surface area contributed by atoms with E-state index >= 15 is 0 Å². The van der Waals surface area contributed by atoms with Crippen LogP contribution < -0.4 is 11.1 Å². The summed E-state index contributed by atoms with van der Waals surface area (Å²) in [4.78, 5) is 11.3. The highest BCUT2D eigenvalue weighted by Crippen LogP contribution is 2.01. The minimum absolute atomic E-state index is 0.0680. The third-order valence-corrected chi connectivity index (χ3v) is 1.91. The number of nitrogens with one attached hydrogen (secondary N) is 1. The molecule has 1 unspecified atom stereocenters. The lowest BCUT2D eigenvalue weighted by atomic mass is 10.2. The molecule has 14 heavy (non-hydrogen) atoms. The summed E-state index contributed by atoms with van der Waals surface area (Å²) in [5.41, 5.74) is 6.16. The van der Waals surface area contributed by atoms with Gasteiger partial charge in [0, 0.05) is 18.5 Å². The molecule has 0 fully saturated rings. The molecule has 3 N–H and O–H groups in total. The first-order valence-electron chi connectivity index (χ1n) is 4.53. The predicted octanol–water partition coefficient (Wildman–Crippen LogP) is 0.194. The fraction of sp³-hybridized carbons (Fsp3) is 0.556. The summed E-state index contributed by atoms with van der Waals surface area (Å²) in [7, 11) is 0. The van der Waals surface area contributed by atoms with E-state index in [0.717, 1.165) is 5.69 Å². The Morgan fingerprint density at radius 2 is 2.50 bits per heavy atom. The normalized spacial score (nSPS) is 12.5. The van der Waals surface area contributed by atoms with Gasteiger partial charge in [-0.25, -0.2) is 0 Å². The third kappa shape index (κ3) is 2.85. The van der Waals surface area contributed by atoms with Gasteiger partial charge in [0.1, 0.15) is 0 Å². The van der Waals surface area contributed by atoms with Crippen LogP contribution in [0.1, 0.15) is 18.4 Å². The number of hydrogen-bond donors (Lipinski definition) is 2. The summed E-state index contributed by atoms with van der Waals surface area (Å²) in [6.45, 7) is 4.32. The van der Waals surface area contributed by atoms with Crippen molar-refractivity contribution < 1.29 is 9.32 Å². The molecule has 0 aliphatic heterocycles. The summed E-state index contributed by atoms with van der Waals surface area (Å²) in [5, 5.41) is 6.42. The van der Waals surface area contributed by atoms with Gasteiger partial charge in [0.25, 0.3) is 0 Å². The average Bonchev–Trinajstić information content (AvgIpc) is 2.59. The average molecular weight is 197 g/mol. The fourth-order valence-electron chi connectivity index (χ4n) is 0.955. The molecule has 1 heterocycles. The molecule has 0 bridgehead atoms. The highest BCUT2D eigenvalue weighted by Gasteiger charge is 2.10. The van der Waals surface area contributed by atoms with Gasteiger partial charge >= 0.3 is 0 Å². The van der Waals surface area contributed by atoms with Crippen LogP contribution >= 0.6 is 0 Å². The van der Waals surface area contributed by atoms with Crippen molar-refractivity contribution in [3.63, 3.8) is 0 Å². The molecule has 0 aliphatic rings. The van der Waals surface area contributed by atoms with Crippen LogP contribution in [0.25, 0.3) is 0 Å². The first-order chi connectivity index (χ1) is 6.63. The van der Waals surface area contributed by atoms with Crippen molar-refractivity contribution in [3.8, 4) is 0 Å². The molecule has 0 spiro atoms.